The summed E-state index contributed by atoms with van der Waals surface area (Å²) in [7, 11) is 0. The van der Waals surface area contributed by atoms with Crippen molar-refractivity contribution in [3.63, 3.8) is 0 Å². The second-order valence-electron chi connectivity index (χ2n) is 6.25. The van der Waals surface area contributed by atoms with Gasteiger partial charge in [-0.25, -0.2) is 13.6 Å². The van der Waals surface area contributed by atoms with E-state index in [9.17, 15) is 14.4 Å². The molecule has 0 unspecified atom stereocenters. The molecule has 0 saturated carbocycles. The fourth-order valence-electron chi connectivity index (χ4n) is 2.58. The van der Waals surface area contributed by atoms with Gasteiger partial charge in [0.2, 0.25) is 0 Å². The number of aromatic amines is 1. The van der Waals surface area contributed by atoms with Crippen molar-refractivity contribution in [3.8, 4) is 0 Å². The Balaban J connectivity index is 2.48. The predicted octanol–water partition coefficient (Wildman–Crippen LogP) is 1.44. The second kappa shape index (κ2) is 6.12. The van der Waals surface area contributed by atoms with Crippen molar-refractivity contribution in [1.82, 2.24) is 9.55 Å². The quantitative estimate of drug-likeness (QED) is 0.833. The molecular weight excluding hydrogens is 326 g/mol. The Hall–Kier alpha value is -2.03. The minimum absolute atomic E-state index is 0.294. The molecule has 9 heteroatoms. The molecule has 2 heterocycles. The number of alkyl halides is 2. The summed E-state index contributed by atoms with van der Waals surface area (Å²) in [5.74, 6) is -3.97. The first-order valence-corrected chi connectivity index (χ1v) is 7.60. The Morgan fingerprint density at radius 1 is 1.46 bits per heavy atom. The smallest absolute Gasteiger partial charge is 0.330 e. The summed E-state index contributed by atoms with van der Waals surface area (Å²) in [6, 6.07) is 0.986. The number of hydrogen-bond acceptors (Lipinski definition) is 5. The Morgan fingerprint density at radius 3 is 2.58 bits per heavy atom. The maximum atomic E-state index is 15.3. The van der Waals surface area contributed by atoms with E-state index in [1.54, 1.807) is 0 Å². The minimum atomic E-state index is -2.60. The number of rotatable bonds is 4. The highest BCUT2D eigenvalue weighted by molar-refractivity contribution is 5.72. The zero-order valence-corrected chi connectivity index (χ0v) is 13.8. The molecule has 1 aliphatic rings. The molecule has 1 aliphatic heterocycles. The molecule has 2 rings (SSSR count). The zero-order valence-electron chi connectivity index (χ0n) is 13.8. The van der Waals surface area contributed by atoms with Crippen molar-refractivity contribution >= 4 is 5.97 Å². The van der Waals surface area contributed by atoms with Crippen LogP contribution in [0, 0.1) is 5.92 Å². The molecule has 1 fully saturated rings. The standard InChI is InChI=1S/C15H20F2N2O5/c1-5-15(17)11(23-10(21)8(2)3)14(4,16)12(24-15)19-7-6-9(20)18-13(19)22/h6-8,11-12H,5H2,1-4H3,(H,18,20,22)/t11-,12+,14+,15+/m0/s1. The van der Waals surface area contributed by atoms with Crippen LogP contribution in [0.3, 0.4) is 0 Å². The van der Waals surface area contributed by atoms with Crippen LogP contribution < -0.4 is 11.2 Å². The van der Waals surface area contributed by atoms with E-state index in [1.807, 2.05) is 4.98 Å². The molecule has 1 N–H and O–H groups in total. The lowest BCUT2D eigenvalue weighted by molar-refractivity contribution is -0.205. The molecule has 1 aromatic heterocycles. The van der Waals surface area contributed by atoms with Crippen molar-refractivity contribution in [2.75, 3.05) is 0 Å². The molecule has 1 aromatic rings. The lowest BCUT2D eigenvalue weighted by atomic mass is 9.95. The molecule has 134 valence electrons. The lowest BCUT2D eigenvalue weighted by Crippen LogP contribution is -2.48. The third-order valence-electron chi connectivity index (χ3n) is 3.99. The highest BCUT2D eigenvalue weighted by atomic mass is 19.2. The predicted molar refractivity (Wildman–Crippen MR) is 79.8 cm³/mol. The summed E-state index contributed by atoms with van der Waals surface area (Å²) in [5.41, 5.74) is -4.16. The monoisotopic (exact) mass is 346 g/mol. The molecular formula is C15H20F2N2O5. The molecule has 0 radical (unpaired) electrons. The van der Waals surface area contributed by atoms with Crippen molar-refractivity contribution < 1.29 is 23.0 Å². The average molecular weight is 346 g/mol. The number of H-pyrrole nitrogens is 1. The van der Waals surface area contributed by atoms with Crippen LogP contribution in [0.15, 0.2) is 21.9 Å². The average Bonchev–Trinajstić information content (AvgIpc) is 2.68. The molecule has 0 aromatic carbocycles. The summed E-state index contributed by atoms with van der Waals surface area (Å²) in [5, 5.41) is 0. The SMILES string of the molecule is CC[C@@]1(F)O[C@@H](n2ccc(=O)[nH]c2=O)[C@](C)(F)[C@@H]1OC(=O)C(C)C. The number of halogens is 2. The number of carbonyl (C=O) groups is 1. The van der Waals surface area contributed by atoms with Crippen LogP contribution in [0.2, 0.25) is 0 Å². The topological polar surface area (TPSA) is 90.4 Å². The van der Waals surface area contributed by atoms with E-state index in [-0.39, 0.29) is 6.42 Å². The number of ether oxygens (including phenoxy) is 2. The van der Waals surface area contributed by atoms with Gasteiger partial charge in [-0.05, 0) is 6.92 Å². The number of nitrogens with one attached hydrogen (secondary N) is 1. The molecule has 0 spiro atoms. The largest absolute Gasteiger partial charge is 0.452 e. The molecule has 0 amide bonds. The van der Waals surface area contributed by atoms with Crippen molar-refractivity contribution in [2.24, 2.45) is 5.92 Å². The number of nitrogens with zero attached hydrogens (tertiary/aromatic N) is 1. The van der Waals surface area contributed by atoms with E-state index in [4.69, 9.17) is 9.47 Å². The molecule has 0 bridgehead atoms. The molecule has 24 heavy (non-hydrogen) atoms. The van der Waals surface area contributed by atoms with Gasteiger partial charge >= 0.3 is 11.7 Å². The summed E-state index contributed by atoms with van der Waals surface area (Å²) >= 11 is 0. The van der Waals surface area contributed by atoms with Gasteiger partial charge in [-0.1, -0.05) is 20.8 Å². The number of hydrogen-bond donors (Lipinski definition) is 1. The van der Waals surface area contributed by atoms with Crippen molar-refractivity contribution in [1.29, 1.82) is 0 Å². The van der Waals surface area contributed by atoms with Gasteiger partial charge in [0, 0.05) is 18.7 Å². The molecule has 4 atom stereocenters. The number of esters is 1. The van der Waals surface area contributed by atoms with Crippen molar-refractivity contribution in [3.05, 3.63) is 33.1 Å². The highest BCUT2D eigenvalue weighted by Crippen LogP contribution is 2.50. The lowest BCUT2D eigenvalue weighted by Gasteiger charge is -2.29. The first-order chi connectivity index (χ1) is 11.0. The van der Waals surface area contributed by atoms with Crippen LogP contribution in [0.25, 0.3) is 0 Å². The fraction of sp³-hybridized carbons (Fsp3) is 0.667. The molecule has 7 nitrogen and oxygen atoms in total. The second-order valence-corrected chi connectivity index (χ2v) is 6.25. The third-order valence-corrected chi connectivity index (χ3v) is 3.99. The Bertz CT molecular complexity index is 742. The van der Waals surface area contributed by atoms with Gasteiger partial charge in [-0.3, -0.25) is 19.1 Å². The molecule has 0 aliphatic carbocycles. The Morgan fingerprint density at radius 2 is 2.08 bits per heavy atom. The fourth-order valence-corrected chi connectivity index (χ4v) is 2.58. The first kappa shape index (κ1) is 18.3. The maximum absolute atomic E-state index is 15.3. The minimum Gasteiger partial charge on any atom is -0.452 e. The van der Waals surface area contributed by atoms with Gasteiger partial charge in [0.1, 0.15) is 0 Å². The third kappa shape index (κ3) is 3.00. The Labute approximate surface area is 136 Å². The van der Waals surface area contributed by atoms with Gasteiger partial charge in [-0.2, -0.15) is 0 Å². The van der Waals surface area contributed by atoms with Crippen LogP contribution in [0.5, 0.6) is 0 Å². The zero-order chi connectivity index (χ0) is 18.3. The first-order valence-electron chi connectivity index (χ1n) is 7.60. The molecule has 1 saturated heterocycles. The van der Waals surface area contributed by atoms with Crippen LogP contribution in [-0.4, -0.2) is 33.1 Å². The van der Waals surface area contributed by atoms with Gasteiger partial charge in [0.15, 0.2) is 18.0 Å². The maximum Gasteiger partial charge on any atom is 0.330 e. The number of aromatic nitrogens is 2. The van der Waals surface area contributed by atoms with Crippen LogP contribution >= 0.6 is 0 Å². The normalized spacial score (nSPS) is 33.0. The van der Waals surface area contributed by atoms with E-state index in [0.717, 1.165) is 23.8 Å². The van der Waals surface area contributed by atoms with Crippen molar-refractivity contribution in [2.45, 2.75) is 58.0 Å². The summed E-state index contributed by atoms with van der Waals surface area (Å²) in [6.45, 7) is 5.46. The van der Waals surface area contributed by atoms with Crippen LogP contribution in [0.1, 0.15) is 40.3 Å². The highest BCUT2D eigenvalue weighted by Gasteiger charge is 2.66. The van der Waals surface area contributed by atoms with E-state index in [0.29, 0.717) is 0 Å². The van der Waals surface area contributed by atoms with E-state index < -0.39 is 47.0 Å². The van der Waals surface area contributed by atoms with E-state index in [2.05, 4.69) is 0 Å². The Kier molecular flexibility index (Phi) is 4.67. The van der Waals surface area contributed by atoms with Crippen LogP contribution in [-0.2, 0) is 14.3 Å². The van der Waals surface area contributed by atoms with Gasteiger partial charge in [0.05, 0.1) is 5.92 Å². The van der Waals surface area contributed by atoms with Crippen LogP contribution in [0.4, 0.5) is 8.78 Å². The number of carbonyl (C=O) groups excluding carboxylic acids is 1. The van der Waals surface area contributed by atoms with Gasteiger partial charge in [0.25, 0.3) is 11.4 Å². The summed E-state index contributed by atoms with van der Waals surface area (Å²) in [6.07, 6.45) is -2.84. The van der Waals surface area contributed by atoms with Gasteiger partial charge < -0.3 is 9.47 Å². The van der Waals surface area contributed by atoms with E-state index >= 15 is 8.78 Å². The van der Waals surface area contributed by atoms with E-state index in [1.165, 1.54) is 20.8 Å². The summed E-state index contributed by atoms with van der Waals surface area (Å²) < 4.78 is 41.2. The summed E-state index contributed by atoms with van der Waals surface area (Å²) in [4.78, 5) is 36.8. The van der Waals surface area contributed by atoms with Gasteiger partial charge in [-0.15, -0.1) is 0 Å².